The molecule has 1 aromatic carbocycles. The van der Waals surface area contributed by atoms with Gasteiger partial charge in [0.2, 0.25) is 11.8 Å². The fourth-order valence-corrected chi connectivity index (χ4v) is 3.29. The monoisotopic (exact) mass is 371 g/mol. The van der Waals surface area contributed by atoms with Gasteiger partial charge in [0.25, 0.3) is 0 Å². The SMILES string of the molecule is COc1ccc2c(c1C#CCCCO)n(C)c(=O)n2C1CCC(=O)NC1=O. The molecule has 8 nitrogen and oxygen atoms in total. The molecule has 0 spiro atoms. The zero-order chi connectivity index (χ0) is 19.6. The molecule has 3 rings (SSSR count). The van der Waals surface area contributed by atoms with Crippen LogP contribution in [0.1, 0.15) is 37.3 Å². The van der Waals surface area contributed by atoms with E-state index in [9.17, 15) is 14.4 Å². The van der Waals surface area contributed by atoms with E-state index < -0.39 is 11.9 Å². The first-order valence-corrected chi connectivity index (χ1v) is 8.71. The molecule has 2 N–H and O–H groups in total. The van der Waals surface area contributed by atoms with Crippen LogP contribution in [0, 0.1) is 11.8 Å². The normalized spacial score (nSPS) is 16.8. The number of methoxy groups -OCH3 is 1. The summed E-state index contributed by atoms with van der Waals surface area (Å²) in [5, 5.41) is 11.2. The number of aryl methyl sites for hydroxylation is 1. The Hall–Kier alpha value is -3.05. The standard InChI is InChI=1S/C19H21N3O5/c1-21-17-12(6-4-3-5-11-23)15(27-2)9-7-13(17)22(19(21)26)14-8-10-16(24)20-18(14)25/h7,9,14,23H,3,5,8,10-11H2,1-2H3,(H,20,24,25). The lowest BCUT2D eigenvalue weighted by molar-refractivity contribution is -0.135. The molecule has 1 aliphatic heterocycles. The van der Waals surface area contributed by atoms with Crippen LogP contribution in [-0.4, -0.2) is 39.8 Å². The fourth-order valence-electron chi connectivity index (χ4n) is 3.29. The van der Waals surface area contributed by atoms with Gasteiger partial charge < -0.3 is 9.84 Å². The summed E-state index contributed by atoms with van der Waals surface area (Å²) in [6.45, 7) is 0.0559. The van der Waals surface area contributed by atoms with Crippen molar-refractivity contribution in [3.05, 3.63) is 28.2 Å². The number of rotatable bonds is 4. The number of benzene rings is 1. The van der Waals surface area contributed by atoms with Gasteiger partial charge in [-0.25, -0.2) is 4.79 Å². The Morgan fingerprint density at radius 2 is 2.11 bits per heavy atom. The molecule has 8 heteroatoms. The Balaban J connectivity index is 2.19. The number of carbonyl (C=O) groups is 2. The van der Waals surface area contributed by atoms with Gasteiger partial charge in [-0.15, -0.1) is 0 Å². The van der Waals surface area contributed by atoms with Crippen LogP contribution in [0.15, 0.2) is 16.9 Å². The number of amides is 2. The lowest BCUT2D eigenvalue weighted by atomic mass is 10.1. The zero-order valence-electron chi connectivity index (χ0n) is 15.2. The van der Waals surface area contributed by atoms with Crippen LogP contribution in [0.3, 0.4) is 0 Å². The molecule has 1 saturated heterocycles. The van der Waals surface area contributed by atoms with Gasteiger partial charge in [-0.2, -0.15) is 0 Å². The number of ether oxygens (including phenoxy) is 1. The minimum atomic E-state index is -0.748. The van der Waals surface area contributed by atoms with Gasteiger partial charge in [-0.1, -0.05) is 11.8 Å². The van der Waals surface area contributed by atoms with Crippen molar-refractivity contribution in [2.24, 2.45) is 7.05 Å². The molecule has 1 fully saturated rings. The highest BCUT2D eigenvalue weighted by Gasteiger charge is 2.31. The van der Waals surface area contributed by atoms with Crippen molar-refractivity contribution in [2.75, 3.05) is 13.7 Å². The first kappa shape index (κ1) is 18.7. The molecule has 142 valence electrons. The molecule has 1 unspecified atom stereocenters. The maximum atomic E-state index is 12.9. The number of hydrogen-bond acceptors (Lipinski definition) is 5. The zero-order valence-corrected chi connectivity index (χ0v) is 15.2. The van der Waals surface area contributed by atoms with Gasteiger partial charge in [-0.3, -0.25) is 24.0 Å². The smallest absolute Gasteiger partial charge is 0.329 e. The molecule has 27 heavy (non-hydrogen) atoms. The lowest BCUT2D eigenvalue weighted by Crippen LogP contribution is -2.44. The minimum Gasteiger partial charge on any atom is -0.495 e. The Labute approximate surface area is 155 Å². The molecular formula is C19H21N3O5. The number of fused-ring (bicyclic) bond motifs is 1. The number of unbranched alkanes of at least 4 members (excludes halogenated alkanes) is 1. The third-order valence-electron chi connectivity index (χ3n) is 4.62. The Morgan fingerprint density at radius 1 is 1.33 bits per heavy atom. The first-order chi connectivity index (χ1) is 13.0. The summed E-state index contributed by atoms with van der Waals surface area (Å²) in [6, 6.07) is 2.68. The number of hydrogen-bond donors (Lipinski definition) is 2. The number of aliphatic hydroxyl groups is 1. The Morgan fingerprint density at radius 3 is 2.78 bits per heavy atom. The van der Waals surface area contributed by atoms with Crippen LogP contribution in [-0.2, 0) is 16.6 Å². The average molecular weight is 371 g/mol. The van der Waals surface area contributed by atoms with E-state index in [0.29, 0.717) is 35.2 Å². The van der Waals surface area contributed by atoms with Crippen LogP contribution in [0.5, 0.6) is 5.75 Å². The van der Waals surface area contributed by atoms with E-state index in [2.05, 4.69) is 17.2 Å². The number of carbonyl (C=O) groups excluding carboxylic acids is 2. The summed E-state index contributed by atoms with van der Waals surface area (Å²) in [4.78, 5) is 36.6. The van der Waals surface area contributed by atoms with Crippen LogP contribution >= 0.6 is 0 Å². The number of nitrogens with one attached hydrogen (secondary N) is 1. The largest absolute Gasteiger partial charge is 0.495 e. The molecule has 0 aliphatic carbocycles. The number of piperidine rings is 1. The summed E-state index contributed by atoms with van der Waals surface area (Å²) in [5.41, 5.74) is 1.33. The second-order valence-corrected chi connectivity index (χ2v) is 6.32. The van der Waals surface area contributed by atoms with E-state index in [0.717, 1.165) is 0 Å². The topological polar surface area (TPSA) is 103 Å². The number of nitrogens with zero attached hydrogens (tertiary/aromatic N) is 2. The predicted octanol–water partition coefficient (Wildman–Crippen LogP) is 0.450. The molecule has 2 aromatic rings. The summed E-state index contributed by atoms with van der Waals surface area (Å²) in [6.07, 6.45) is 1.52. The van der Waals surface area contributed by atoms with E-state index in [-0.39, 0.29) is 31.0 Å². The van der Waals surface area contributed by atoms with Crippen LogP contribution in [0.4, 0.5) is 0 Å². The molecule has 0 saturated carbocycles. The van der Waals surface area contributed by atoms with Crippen LogP contribution in [0.2, 0.25) is 0 Å². The van der Waals surface area contributed by atoms with E-state index >= 15 is 0 Å². The van der Waals surface area contributed by atoms with Gasteiger partial charge in [0.1, 0.15) is 11.8 Å². The second kappa shape index (κ2) is 7.68. The van der Waals surface area contributed by atoms with Gasteiger partial charge >= 0.3 is 5.69 Å². The number of aliphatic hydroxyl groups excluding tert-OH is 1. The summed E-state index contributed by atoms with van der Waals surface area (Å²) in [7, 11) is 3.14. The van der Waals surface area contributed by atoms with Crippen molar-refractivity contribution in [2.45, 2.75) is 31.7 Å². The van der Waals surface area contributed by atoms with Gasteiger partial charge in [0, 0.05) is 26.5 Å². The van der Waals surface area contributed by atoms with Crippen molar-refractivity contribution >= 4 is 22.8 Å². The van der Waals surface area contributed by atoms with Crippen LogP contribution in [0.25, 0.3) is 11.0 Å². The van der Waals surface area contributed by atoms with Crippen molar-refractivity contribution in [1.82, 2.24) is 14.5 Å². The van der Waals surface area contributed by atoms with E-state index in [4.69, 9.17) is 9.84 Å². The number of imide groups is 1. The van der Waals surface area contributed by atoms with Gasteiger partial charge in [-0.05, 0) is 25.0 Å². The maximum Gasteiger partial charge on any atom is 0.329 e. The van der Waals surface area contributed by atoms with Crippen molar-refractivity contribution in [3.63, 3.8) is 0 Å². The average Bonchev–Trinajstić information content (AvgIpc) is 2.90. The highest BCUT2D eigenvalue weighted by Crippen LogP contribution is 2.29. The molecule has 1 aromatic heterocycles. The third kappa shape index (κ3) is 3.34. The molecule has 1 atom stereocenters. The quantitative estimate of drug-likeness (QED) is 0.462. The Bertz CT molecular complexity index is 1020. The maximum absolute atomic E-state index is 12.9. The number of imidazole rings is 1. The fraction of sp³-hybridized carbons (Fsp3) is 0.421. The first-order valence-electron chi connectivity index (χ1n) is 8.71. The van der Waals surface area contributed by atoms with Gasteiger partial charge in [0.05, 0.1) is 23.7 Å². The lowest BCUT2D eigenvalue weighted by Gasteiger charge is -2.22. The van der Waals surface area contributed by atoms with Crippen molar-refractivity contribution < 1.29 is 19.4 Å². The van der Waals surface area contributed by atoms with Gasteiger partial charge in [0.15, 0.2) is 0 Å². The molecule has 0 bridgehead atoms. The minimum absolute atomic E-state index is 0.0559. The third-order valence-corrected chi connectivity index (χ3v) is 4.62. The molecular weight excluding hydrogens is 350 g/mol. The highest BCUT2D eigenvalue weighted by atomic mass is 16.5. The van der Waals surface area contributed by atoms with Crippen molar-refractivity contribution in [1.29, 1.82) is 0 Å². The van der Waals surface area contributed by atoms with Crippen LogP contribution < -0.4 is 15.7 Å². The summed E-state index contributed by atoms with van der Waals surface area (Å²) in [5.74, 6) is 5.72. The van der Waals surface area contributed by atoms with E-state index in [1.807, 2.05) is 0 Å². The molecule has 0 radical (unpaired) electrons. The summed E-state index contributed by atoms with van der Waals surface area (Å²) < 4.78 is 8.25. The molecule has 1 aliphatic rings. The summed E-state index contributed by atoms with van der Waals surface area (Å²) >= 11 is 0. The highest BCUT2D eigenvalue weighted by molar-refractivity contribution is 6.00. The number of aromatic nitrogens is 2. The van der Waals surface area contributed by atoms with E-state index in [1.165, 1.54) is 16.2 Å². The van der Waals surface area contributed by atoms with Crippen molar-refractivity contribution in [3.8, 4) is 17.6 Å². The second-order valence-electron chi connectivity index (χ2n) is 6.32. The predicted molar refractivity (Wildman–Crippen MR) is 98.3 cm³/mol. The Kier molecular flexibility index (Phi) is 5.33. The molecule has 2 heterocycles. The molecule has 2 amide bonds. The van der Waals surface area contributed by atoms with E-state index in [1.54, 1.807) is 19.2 Å².